The van der Waals surface area contributed by atoms with Gasteiger partial charge in [0, 0.05) is 53.1 Å². The minimum absolute atomic E-state index is 0.0319. The average Bonchev–Trinajstić information content (AvgIpc) is 3.84. The molecule has 0 spiro atoms. The molecule has 0 radical (unpaired) electrons. The molecule has 1 aliphatic rings. The molecular formula is C38H37F2N5O3. The number of aromatic nitrogens is 5. The molecule has 0 saturated heterocycles. The largest absolute Gasteiger partial charge is 0.481 e. The van der Waals surface area contributed by atoms with E-state index in [1.165, 1.54) is 18.2 Å². The van der Waals surface area contributed by atoms with Crippen molar-refractivity contribution in [3.63, 3.8) is 0 Å². The van der Waals surface area contributed by atoms with Crippen LogP contribution in [0.25, 0.3) is 22.2 Å². The number of fused-ring (bicyclic) bond motifs is 9. The maximum absolute atomic E-state index is 15.8. The van der Waals surface area contributed by atoms with E-state index in [4.69, 9.17) is 9.84 Å². The number of carboxylic acids is 1. The van der Waals surface area contributed by atoms with Gasteiger partial charge >= 0.3 is 5.97 Å². The van der Waals surface area contributed by atoms with E-state index < -0.39 is 17.6 Å². The van der Waals surface area contributed by atoms with Crippen LogP contribution in [0.1, 0.15) is 74.2 Å². The first-order valence-corrected chi connectivity index (χ1v) is 16.3. The van der Waals surface area contributed by atoms with Crippen LogP contribution in [0.5, 0.6) is 11.5 Å². The Morgan fingerprint density at radius 3 is 2.79 bits per heavy atom. The molecule has 3 aromatic carbocycles. The van der Waals surface area contributed by atoms with Crippen LogP contribution in [0.3, 0.4) is 0 Å². The van der Waals surface area contributed by atoms with Crippen molar-refractivity contribution in [2.45, 2.75) is 70.4 Å². The summed E-state index contributed by atoms with van der Waals surface area (Å²) >= 11 is 0. The molecular weight excluding hydrogens is 612 g/mol. The number of aryl methyl sites for hydroxylation is 1. The topological polar surface area (TPSA) is 98.0 Å². The van der Waals surface area contributed by atoms with Crippen molar-refractivity contribution in [1.29, 1.82) is 0 Å². The zero-order chi connectivity index (χ0) is 33.4. The third-order valence-corrected chi connectivity index (χ3v) is 9.49. The molecule has 1 atom stereocenters. The van der Waals surface area contributed by atoms with Gasteiger partial charge in [-0.3, -0.25) is 14.2 Å². The van der Waals surface area contributed by atoms with Gasteiger partial charge in [0.15, 0.2) is 11.6 Å². The van der Waals surface area contributed by atoms with Crippen molar-refractivity contribution in [2.24, 2.45) is 0 Å². The molecule has 4 bridgehead atoms. The van der Waals surface area contributed by atoms with Crippen LogP contribution in [-0.4, -0.2) is 35.6 Å². The number of aromatic amines is 1. The number of halogens is 2. The smallest absolute Gasteiger partial charge is 0.303 e. The zero-order valence-electron chi connectivity index (χ0n) is 26.9. The van der Waals surface area contributed by atoms with Gasteiger partial charge < -0.3 is 14.8 Å². The van der Waals surface area contributed by atoms with E-state index in [0.29, 0.717) is 23.2 Å². The van der Waals surface area contributed by atoms with E-state index >= 15 is 8.78 Å². The lowest BCUT2D eigenvalue weighted by atomic mass is 9.81. The second-order valence-electron chi connectivity index (χ2n) is 13.2. The number of hydrogen-bond donors (Lipinski definition) is 2. The molecule has 8 nitrogen and oxygen atoms in total. The summed E-state index contributed by atoms with van der Waals surface area (Å²) in [5, 5.41) is 19.4. The Morgan fingerprint density at radius 2 is 1.94 bits per heavy atom. The predicted octanol–water partition coefficient (Wildman–Crippen LogP) is 8.80. The Bertz CT molecular complexity index is 2110. The maximum atomic E-state index is 15.8. The molecule has 4 heterocycles. The molecule has 2 N–H and O–H groups in total. The minimum Gasteiger partial charge on any atom is -0.481 e. The lowest BCUT2D eigenvalue weighted by molar-refractivity contribution is -0.136. The van der Waals surface area contributed by atoms with Crippen LogP contribution in [0.15, 0.2) is 85.5 Å². The van der Waals surface area contributed by atoms with Crippen molar-refractivity contribution in [3.8, 4) is 22.8 Å². The van der Waals surface area contributed by atoms with Crippen molar-refractivity contribution < 1.29 is 23.4 Å². The van der Waals surface area contributed by atoms with Gasteiger partial charge in [0.25, 0.3) is 0 Å². The van der Waals surface area contributed by atoms with Crippen molar-refractivity contribution in [1.82, 2.24) is 24.5 Å². The van der Waals surface area contributed by atoms with Gasteiger partial charge in [0.2, 0.25) is 0 Å². The monoisotopic (exact) mass is 649 g/mol. The summed E-state index contributed by atoms with van der Waals surface area (Å²) in [6.45, 7) is 4.70. The number of carboxylic acid groups (broad SMARTS) is 1. The molecule has 0 saturated carbocycles. The van der Waals surface area contributed by atoms with E-state index in [9.17, 15) is 9.90 Å². The number of ether oxygens (including phenoxy) is 1. The van der Waals surface area contributed by atoms with Crippen molar-refractivity contribution >= 4 is 16.9 Å². The van der Waals surface area contributed by atoms with E-state index in [-0.39, 0.29) is 41.5 Å². The normalized spacial score (nSPS) is 16.4. The van der Waals surface area contributed by atoms with Crippen LogP contribution in [0.2, 0.25) is 0 Å². The average molecular weight is 650 g/mol. The second-order valence-corrected chi connectivity index (χ2v) is 13.2. The van der Waals surface area contributed by atoms with E-state index in [1.54, 1.807) is 24.5 Å². The van der Waals surface area contributed by atoms with Crippen LogP contribution in [0, 0.1) is 11.6 Å². The molecule has 0 amide bonds. The Kier molecular flexibility index (Phi) is 8.33. The van der Waals surface area contributed by atoms with Crippen LogP contribution in [-0.2, 0) is 23.2 Å². The third kappa shape index (κ3) is 6.22. The highest BCUT2D eigenvalue weighted by molar-refractivity contribution is 5.85. The highest BCUT2D eigenvalue weighted by Crippen LogP contribution is 2.39. The number of aliphatic carboxylic acids is 1. The summed E-state index contributed by atoms with van der Waals surface area (Å²) in [6.07, 6.45) is 11.2. The molecule has 1 aliphatic heterocycles. The Morgan fingerprint density at radius 1 is 1.06 bits per heavy atom. The van der Waals surface area contributed by atoms with Crippen LogP contribution in [0.4, 0.5) is 8.78 Å². The van der Waals surface area contributed by atoms with Gasteiger partial charge in [-0.1, -0.05) is 51.0 Å². The first-order chi connectivity index (χ1) is 23.2. The number of rotatable bonds is 4. The molecule has 6 aromatic rings. The minimum atomic E-state index is -0.850. The van der Waals surface area contributed by atoms with E-state index in [0.717, 1.165) is 47.8 Å². The van der Waals surface area contributed by atoms with Gasteiger partial charge in [-0.2, -0.15) is 10.2 Å². The van der Waals surface area contributed by atoms with Gasteiger partial charge in [0.05, 0.1) is 24.5 Å². The molecule has 10 heteroatoms. The molecule has 0 fully saturated rings. The standard InChI is InChI=1S/C38H37F2N5O3/c1-38(2)15-4-3-8-34(25-7-5-6-24(18-25)9-12-36(46)47)45-35(14-17-42-45)29-19-27(10-11-31(29)39)48-37-30(23-44-22-26(38)21-43-44)28-13-16-41-33(28)20-32(37)40/h5-7,10-11,13-14,16-22,34,41H,3-4,8-9,12,15,23H2,1-2H3,(H,46,47). The number of carbonyl (C=O) groups is 1. The van der Waals surface area contributed by atoms with Gasteiger partial charge in [-0.05, 0) is 71.7 Å². The summed E-state index contributed by atoms with van der Waals surface area (Å²) in [5.41, 5.74) is 4.92. The Hall–Kier alpha value is -5.25. The molecule has 7 rings (SSSR count). The first-order valence-electron chi connectivity index (χ1n) is 16.3. The second kappa shape index (κ2) is 12.7. The Labute approximate surface area is 277 Å². The van der Waals surface area contributed by atoms with E-state index in [2.05, 4.69) is 23.9 Å². The fourth-order valence-corrected chi connectivity index (χ4v) is 6.80. The quantitative estimate of drug-likeness (QED) is 0.199. The van der Waals surface area contributed by atoms with E-state index in [1.807, 2.05) is 52.1 Å². The highest BCUT2D eigenvalue weighted by Gasteiger charge is 2.26. The SMILES string of the molecule is CC1(C)CCCCC(c2cccc(CCC(=O)O)c2)n2nccc2-c2cc(ccc2F)Oc2c(F)cc3[nH]ccc3c2Cn2cc1cn2. The molecule has 246 valence electrons. The maximum Gasteiger partial charge on any atom is 0.303 e. The van der Waals surface area contributed by atoms with Crippen LogP contribution >= 0.6 is 0 Å². The fraction of sp³-hybridized carbons (Fsp3) is 0.289. The Balaban J connectivity index is 1.36. The number of nitrogens with zero attached hydrogens (tertiary/aromatic N) is 4. The first kappa shape index (κ1) is 31.4. The molecule has 1 unspecified atom stereocenters. The van der Waals surface area contributed by atoms with Crippen molar-refractivity contribution in [3.05, 3.63) is 119 Å². The summed E-state index contributed by atoms with van der Waals surface area (Å²) in [5.74, 6) is -1.51. The summed E-state index contributed by atoms with van der Waals surface area (Å²) in [4.78, 5) is 14.4. The zero-order valence-corrected chi connectivity index (χ0v) is 26.9. The number of H-pyrrole nitrogens is 1. The van der Waals surface area contributed by atoms with Gasteiger partial charge in [-0.15, -0.1) is 0 Å². The lowest BCUT2D eigenvalue weighted by Crippen LogP contribution is -2.17. The molecule has 3 aromatic heterocycles. The fourth-order valence-electron chi connectivity index (χ4n) is 6.80. The molecule has 48 heavy (non-hydrogen) atoms. The molecule has 0 aliphatic carbocycles. The number of benzene rings is 3. The number of hydrogen-bond acceptors (Lipinski definition) is 4. The number of nitrogens with one attached hydrogen (secondary N) is 1. The van der Waals surface area contributed by atoms with Gasteiger partial charge in [0.1, 0.15) is 11.6 Å². The van der Waals surface area contributed by atoms with Gasteiger partial charge in [-0.25, -0.2) is 8.78 Å². The summed E-state index contributed by atoms with van der Waals surface area (Å²) < 4.78 is 41.4. The summed E-state index contributed by atoms with van der Waals surface area (Å²) in [7, 11) is 0. The lowest BCUT2D eigenvalue weighted by Gasteiger charge is -2.25. The van der Waals surface area contributed by atoms with Crippen LogP contribution < -0.4 is 4.74 Å². The van der Waals surface area contributed by atoms with Crippen molar-refractivity contribution in [2.75, 3.05) is 0 Å². The highest BCUT2D eigenvalue weighted by atomic mass is 19.1. The summed E-state index contributed by atoms with van der Waals surface area (Å²) in [6, 6.07) is 17.2. The predicted molar refractivity (Wildman–Crippen MR) is 179 cm³/mol. The third-order valence-electron chi connectivity index (χ3n) is 9.49.